The largest absolute Gasteiger partial charge is 0.310 e. The monoisotopic (exact) mass is 244 g/mol. The van der Waals surface area contributed by atoms with Crippen molar-refractivity contribution in [3.05, 3.63) is 23.8 Å². The van der Waals surface area contributed by atoms with Crippen molar-refractivity contribution in [2.75, 3.05) is 0 Å². The van der Waals surface area contributed by atoms with E-state index < -0.39 is 0 Å². The molecule has 1 aliphatic carbocycles. The van der Waals surface area contributed by atoms with E-state index in [1.807, 2.05) is 6.07 Å². The Kier molecular flexibility index (Phi) is 3.55. The summed E-state index contributed by atoms with van der Waals surface area (Å²) in [4.78, 5) is 0. The van der Waals surface area contributed by atoms with E-state index in [9.17, 15) is 0 Å². The lowest BCUT2D eigenvalue weighted by molar-refractivity contribution is 0.459. The van der Waals surface area contributed by atoms with Crippen LogP contribution in [0.25, 0.3) is 11.0 Å². The lowest BCUT2D eigenvalue weighted by Gasteiger charge is -2.16. The van der Waals surface area contributed by atoms with Crippen LogP contribution in [0.4, 0.5) is 0 Å². The van der Waals surface area contributed by atoms with Crippen LogP contribution in [-0.2, 0) is 6.54 Å². The number of fused-ring (bicyclic) bond motifs is 1. The minimum atomic E-state index is 0.695. The van der Waals surface area contributed by atoms with Crippen LogP contribution in [0.5, 0.6) is 0 Å². The first kappa shape index (κ1) is 11.7. The molecule has 1 aromatic heterocycles. The van der Waals surface area contributed by atoms with Gasteiger partial charge in [-0.05, 0) is 30.5 Å². The zero-order valence-corrected chi connectivity index (χ0v) is 10.7. The normalized spacial score (nSPS) is 18.0. The van der Waals surface area contributed by atoms with Crippen molar-refractivity contribution >= 4 is 11.0 Å². The van der Waals surface area contributed by atoms with Crippen molar-refractivity contribution < 1.29 is 0 Å². The van der Waals surface area contributed by atoms with Gasteiger partial charge in [0.25, 0.3) is 0 Å². The highest BCUT2D eigenvalue weighted by molar-refractivity contribution is 5.74. The van der Waals surface area contributed by atoms with Crippen molar-refractivity contribution in [3.63, 3.8) is 0 Å². The first-order valence-electron chi connectivity index (χ1n) is 6.94. The average Bonchev–Trinajstić information content (AvgIpc) is 2.70. The zero-order valence-electron chi connectivity index (χ0n) is 10.7. The van der Waals surface area contributed by atoms with E-state index in [4.69, 9.17) is 0 Å². The highest BCUT2D eigenvalue weighted by atomic mass is 15.3. The molecule has 1 saturated carbocycles. The van der Waals surface area contributed by atoms with E-state index in [-0.39, 0.29) is 0 Å². The summed E-state index contributed by atoms with van der Waals surface area (Å²) in [5, 5.41) is 14.5. The van der Waals surface area contributed by atoms with E-state index in [0.717, 1.165) is 17.6 Å². The Hall–Kier alpha value is -1.42. The molecule has 4 nitrogen and oxygen atoms in total. The van der Waals surface area contributed by atoms with Crippen LogP contribution in [0.2, 0.25) is 0 Å². The molecule has 1 fully saturated rings. The summed E-state index contributed by atoms with van der Waals surface area (Å²) in [6.45, 7) is 0.938. The van der Waals surface area contributed by atoms with Crippen LogP contribution in [0.15, 0.2) is 18.2 Å². The number of H-pyrrole nitrogens is 1. The van der Waals surface area contributed by atoms with E-state index in [1.54, 1.807) is 0 Å². The van der Waals surface area contributed by atoms with Crippen LogP contribution >= 0.6 is 0 Å². The first-order valence-corrected chi connectivity index (χ1v) is 6.94. The van der Waals surface area contributed by atoms with Gasteiger partial charge in [0, 0.05) is 12.6 Å². The molecule has 0 amide bonds. The molecule has 2 N–H and O–H groups in total. The van der Waals surface area contributed by atoms with E-state index >= 15 is 0 Å². The van der Waals surface area contributed by atoms with E-state index in [1.165, 1.54) is 44.1 Å². The van der Waals surface area contributed by atoms with Crippen molar-refractivity contribution in [2.24, 2.45) is 0 Å². The Morgan fingerprint density at radius 2 is 1.83 bits per heavy atom. The second-order valence-corrected chi connectivity index (χ2v) is 5.22. The SMILES string of the molecule is c1cc2n[nH]nc2cc1CNC1CCCCCC1. The summed E-state index contributed by atoms with van der Waals surface area (Å²) < 4.78 is 0. The number of nitrogens with zero attached hydrogens (tertiary/aromatic N) is 2. The van der Waals surface area contributed by atoms with Gasteiger partial charge >= 0.3 is 0 Å². The highest BCUT2D eigenvalue weighted by Gasteiger charge is 2.11. The maximum atomic E-state index is 4.13. The summed E-state index contributed by atoms with van der Waals surface area (Å²) in [6.07, 6.45) is 8.21. The molecule has 3 rings (SSSR count). The second-order valence-electron chi connectivity index (χ2n) is 5.22. The lowest BCUT2D eigenvalue weighted by atomic mass is 10.1. The molecule has 18 heavy (non-hydrogen) atoms. The molecule has 2 aromatic rings. The van der Waals surface area contributed by atoms with Gasteiger partial charge in [0.2, 0.25) is 0 Å². The van der Waals surface area contributed by atoms with Crippen molar-refractivity contribution in [1.82, 2.24) is 20.7 Å². The fourth-order valence-electron chi connectivity index (χ4n) is 2.74. The van der Waals surface area contributed by atoms with Crippen molar-refractivity contribution in [3.8, 4) is 0 Å². The predicted molar refractivity (Wildman–Crippen MR) is 72.2 cm³/mol. The number of aromatic nitrogens is 3. The molecule has 0 radical (unpaired) electrons. The van der Waals surface area contributed by atoms with Gasteiger partial charge in [-0.2, -0.15) is 15.4 Å². The fraction of sp³-hybridized carbons (Fsp3) is 0.571. The standard InChI is InChI=1S/C14H20N4/c1-2-4-6-12(5-3-1)15-10-11-7-8-13-14(9-11)17-18-16-13/h7-9,12,15H,1-6,10H2,(H,16,17,18). The molecule has 1 heterocycles. The smallest absolute Gasteiger partial charge is 0.113 e. The number of hydrogen-bond acceptors (Lipinski definition) is 3. The van der Waals surface area contributed by atoms with Gasteiger partial charge in [-0.15, -0.1) is 0 Å². The molecule has 0 bridgehead atoms. The van der Waals surface area contributed by atoms with E-state index in [0.29, 0.717) is 6.04 Å². The zero-order chi connectivity index (χ0) is 12.2. The minimum absolute atomic E-state index is 0.695. The molecule has 0 aliphatic heterocycles. The highest BCUT2D eigenvalue weighted by Crippen LogP contribution is 2.18. The Bertz CT molecular complexity index is 497. The number of nitrogens with one attached hydrogen (secondary N) is 2. The fourth-order valence-corrected chi connectivity index (χ4v) is 2.74. The molecule has 0 unspecified atom stereocenters. The minimum Gasteiger partial charge on any atom is -0.310 e. The van der Waals surface area contributed by atoms with Gasteiger partial charge in [-0.3, -0.25) is 0 Å². The number of hydrogen-bond donors (Lipinski definition) is 2. The summed E-state index contributed by atoms with van der Waals surface area (Å²) in [5.41, 5.74) is 3.18. The summed E-state index contributed by atoms with van der Waals surface area (Å²) in [6, 6.07) is 6.97. The predicted octanol–water partition coefficient (Wildman–Crippen LogP) is 2.77. The van der Waals surface area contributed by atoms with Crippen LogP contribution < -0.4 is 5.32 Å². The van der Waals surface area contributed by atoms with Gasteiger partial charge in [0.05, 0.1) is 0 Å². The summed E-state index contributed by atoms with van der Waals surface area (Å²) in [5.74, 6) is 0. The van der Waals surface area contributed by atoms with Gasteiger partial charge in [-0.1, -0.05) is 31.7 Å². The summed E-state index contributed by atoms with van der Waals surface area (Å²) >= 11 is 0. The molecule has 0 saturated heterocycles. The number of benzene rings is 1. The molecule has 0 spiro atoms. The Morgan fingerprint density at radius 3 is 2.67 bits per heavy atom. The average molecular weight is 244 g/mol. The maximum absolute atomic E-state index is 4.13. The van der Waals surface area contributed by atoms with E-state index in [2.05, 4.69) is 32.9 Å². The van der Waals surface area contributed by atoms with Gasteiger partial charge in [0.1, 0.15) is 11.0 Å². The third-order valence-electron chi connectivity index (χ3n) is 3.83. The number of aromatic amines is 1. The van der Waals surface area contributed by atoms with Crippen molar-refractivity contribution in [2.45, 2.75) is 51.1 Å². The maximum Gasteiger partial charge on any atom is 0.113 e. The Balaban J connectivity index is 1.61. The van der Waals surface area contributed by atoms with Gasteiger partial charge in [-0.25, -0.2) is 0 Å². The quantitative estimate of drug-likeness (QED) is 0.816. The van der Waals surface area contributed by atoms with Crippen LogP contribution in [0.3, 0.4) is 0 Å². The molecular weight excluding hydrogens is 224 g/mol. The van der Waals surface area contributed by atoms with Crippen LogP contribution in [-0.4, -0.2) is 21.5 Å². The molecule has 0 atom stereocenters. The molecule has 1 aliphatic rings. The van der Waals surface area contributed by atoms with Gasteiger partial charge in [0.15, 0.2) is 0 Å². The van der Waals surface area contributed by atoms with Crippen LogP contribution in [0, 0.1) is 0 Å². The second kappa shape index (κ2) is 5.48. The molecule has 96 valence electrons. The molecular formula is C14H20N4. The first-order chi connectivity index (χ1) is 8.92. The van der Waals surface area contributed by atoms with Gasteiger partial charge < -0.3 is 5.32 Å². The Labute approximate surface area is 107 Å². The topological polar surface area (TPSA) is 53.6 Å². The molecule has 1 aromatic carbocycles. The van der Waals surface area contributed by atoms with Crippen molar-refractivity contribution in [1.29, 1.82) is 0 Å². The lowest BCUT2D eigenvalue weighted by Crippen LogP contribution is -2.27. The van der Waals surface area contributed by atoms with Crippen LogP contribution in [0.1, 0.15) is 44.1 Å². The third kappa shape index (κ3) is 2.70. The third-order valence-corrected chi connectivity index (χ3v) is 3.83. The number of rotatable bonds is 3. The Morgan fingerprint density at radius 1 is 1.06 bits per heavy atom. The molecule has 4 heteroatoms. The summed E-state index contributed by atoms with van der Waals surface area (Å²) in [7, 11) is 0.